The molecular weight excluding hydrogens is 140 g/mol. The van der Waals surface area contributed by atoms with E-state index in [0.29, 0.717) is 19.1 Å². The molecule has 0 heterocycles. The lowest BCUT2D eigenvalue weighted by Gasteiger charge is -2.19. The Morgan fingerprint density at radius 2 is 1.73 bits per heavy atom. The zero-order chi connectivity index (χ0) is 8.69. The van der Waals surface area contributed by atoms with Gasteiger partial charge in [0.1, 0.15) is 0 Å². The van der Waals surface area contributed by atoms with Gasteiger partial charge in [-0.3, -0.25) is 0 Å². The van der Waals surface area contributed by atoms with Crippen molar-refractivity contribution in [1.29, 1.82) is 0 Å². The van der Waals surface area contributed by atoms with Crippen LogP contribution in [0.25, 0.3) is 0 Å². The van der Waals surface area contributed by atoms with Crippen LogP contribution in [-0.4, -0.2) is 24.4 Å². The first-order valence-corrected chi connectivity index (χ1v) is 4.51. The van der Waals surface area contributed by atoms with Crippen molar-refractivity contribution in [1.82, 2.24) is 0 Å². The van der Waals surface area contributed by atoms with Crippen LogP contribution in [-0.2, 0) is 4.74 Å². The normalized spacial score (nSPS) is 13.9. The quantitative estimate of drug-likeness (QED) is 0.642. The van der Waals surface area contributed by atoms with Crippen molar-refractivity contribution in [3.05, 3.63) is 0 Å². The third-order valence-electron chi connectivity index (χ3n) is 2.09. The second-order valence-corrected chi connectivity index (χ2v) is 2.80. The molecule has 0 spiro atoms. The second kappa shape index (κ2) is 6.62. The molecule has 0 saturated heterocycles. The van der Waals surface area contributed by atoms with Crippen molar-refractivity contribution >= 4 is 0 Å². The molecule has 0 fully saturated rings. The fraction of sp³-hybridized carbons (Fsp3) is 1.00. The molecule has 0 bridgehead atoms. The van der Waals surface area contributed by atoms with Gasteiger partial charge in [0.15, 0.2) is 0 Å². The van der Waals surface area contributed by atoms with E-state index >= 15 is 0 Å². The van der Waals surface area contributed by atoms with Gasteiger partial charge in [-0.15, -0.1) is 0 Å². The third-order valence-corrected chi connectivity index (χ3v) is 2.09. The number of aliphatic hydroxyl groups excluding tert-OH is 1. The topological polar surface area (TPSA) is 29.5 Å². The lowest BCUT2D eigenvalue weighted by Crippen LogP contribution is -2.24. The van der Waals surface area contributed by atoms with Gasteiger partial charge in [0.05, 0.1) is 12.7 Å². The van der Waals surface area contributed by atoms with Crippen molar-refractivity contribution in [3.63, 3.8) is 0 Å². The summed E-state index contributed by atoms with van der Waals surface area (Å²) in [7, 11) is 0. The highest BCUT2D eigenvalue weighted by atomic mass is 16.5. The molecule has 0 aromatic rings. The van der Waals surface area contributed by atoms with E-state index in [1.54, 1.807) is 0 Å². The molecular formula is C9H20O2. The lowest BCUT2D eigenvalue weighted by atomic mass is 9.97. The maximum absolute atomic E-state index is 9.52. The van der Waals surface area contributed by atoms with Gasteiger partial charge in [-0.05, 0) is 12.8 Å². The molecule has 1 unspecified atom stereocenters. The van der Waals surface area contributed by atoms with E-state index in [0.717, 1.165) is 12.8 Å². The van der Waals surface area contributed by atoms with Crippen LogP contribution in [0, 0.1) is 5.92 Å². The molecule has 0 saturated carbocycles. The average Bonchev–Trinajstić information content (AvgIpc) is 2.03. The summed E-state index contributed by atoms with van der Waals surface area (Å²) in [6.45, 7) is 7.33. The molecule has 1 N–H and O–H groups in total. The molecule has 1 atom stereocenters. The van der Waals surface area contributed by atoms with Gasteiger partial charge in [-0.2, -0.15) is 0 Å². The fourth-order valence-corrected chi connectivity index (χ4v) is 1.21. The molecule has 11 heavy (non-hydrogen) atoms. The monoisotopic (exact) mass is 160 g/mol. The van der Waals surface area contributed by atoms with Gasteiger partial charge in [-0.1, -0.05) is 26.7 Å². The Kier molecular flexibility index (Phi) is 6.57. The number of ether oxygens (including phenoxy) is 1. The van der Waals surface area contributed by atoms with Crippen LogP contribution < -0.4 is 0 Å². The third kappa shape index (κ3) is 4.38. The summed E-state index contributed by atoms with van der Waals surface area (Å²) >= 11 is 0. The Balaban J connectivity index is 3.51. The fourth-order valence-electron chi connectivity index (χ4n) is 1.21. The van der Waals surface area contributed by atoms with Gasteiger partial charge in [-0.25, -0.2) is 0 Å². The van der Waals surface area contributed by atoms with Crippen molar-refractivity contribution in [2.24, 2.45) is 5.92 Å². The van der Waals surface area contributed by atoms with Crippen LogP contribution in [0.1, 0.15) is 33.6 Å². The van der Waals surface area contributed by atoms with E-state index in [9.17, 15) is 5.11 Å². The Labute approximate surface area is 69.6 Å². The predicted molar refractivity (Wildman–Crippen MR) is 46.6 cm³/mol. The average molecular weight is 160 g/mol. The van der Waals surface area contributed by atoms with Crippen molar-refractivity contribution in [2.45, 2.75) is 39.7 Å². The largest absolute Gasteiger partial charge is 0.390 e. The summed E-state index contributed by atoms with van der Waals surface area (Å²) in [5.74, 6) is 0.404. The molecule has 0 aliphatic rings. The molecule has 2 nitrogen and oxygen atoms in total. The van der Waals surface area contributed by atoms with E-state index in [4.69, 9.17) is 4.74 Å². The zero-order valence-electron chi connectivity index (χ0n) is 7.84. The van der Waals surface area contributed by atoms with Crippen molar-refractivity contribution in [3.8, 4) is 0 Å². The van der Waals surface area contributed by atoms with Gasteiger partial charge in [0.25, 0.3) is 0 Å². The zero-order valence-corrected chi connectivity index (χ0v) is 7.84. The van der Waals surface area contributed by atoms with Gasteiger partial charge in [0.2, 0.25) is 0 Å². The van der Waals surface area contributed by atoms with Gasteiger partial charge in [0, 0.05) is 6.61 Å². The van der Waals surface area contributed by atoms with Crippen LogP contribution in [0.2, 0.25) is 0 Å². The van der Waals surface area contributed by atoms with E-state index in [1.807, 2.05) is 6.92 Å². The van der Waals surface area contributed by atoms with E-state index in [-0.39, 0.29) is 6.10 Å². The first-order valence-electron chi connectivity index (χ1n) is 4.51. The molecule has 0 aliphatic heterocycles. The number of rotatable bonds is 6. The molecule has 0 aliphatic carbocycles. The van der Waals surface area contributed by atoms with Crippen LogP contribution in [0.3, 0.4) is 0 Å². The highest BCUT2D eigenvalue weighted by Crippen LogP contribution is 2.12. The standard InChI is InChI=1S/C9H20O2/c1-4-8(5-2)9(10)7-11-6-3/h8-10H,4-7H2,1-3H3. The highest BCUT2D eigenvalue weighted by molar-refractivity contribution is 4.64. The summed E-state index contributed by atoms with van der Waals surface area (Å²) in [4.78, 5) is 0. The molecule has 0 rings (SSSR count). The van der Waals surface area contributed by atoms with E-state index in [1.165, 1.54) is 0 Å². The predicted octanol–water partition coefficient (Wildman–Crippen LogP) is 1.82. The van der Waals surface area contributed by atoms with Crippen LogP contribution in [0.15, 0.2) is 0 Å². The molecule has 68 valence electrons. The highest BCUT2D eigenvalue weighted by Gasteiger charge is 2.14. The van der Waals surface area contributed by atoms with Crippen LogP contribution in [0.4, 0.5) is 0 Å². The number of hydrogen-bond acceptors (Lipinski definition) is 2. The summed E-state index contributed by atoms with van der Waals surface area (Å²) in [6, 6.07) is 0. The van der Waals surface area contributed by atoms with Crippen molar-refractivity contribution < 1.29 is 9.84 Å². The molecule has 0 amide bonds. The SMILES string of the molecule is CCOCC(O)C(CC)CC. The summed E-state index contributed by atoms with van der Waals surface area (Å²) < 4.78 is 5.13. The first-order chi connectivity index (χ1) is 5.26. The number of hydrogen-bond donors (Lipinski definition) is 1. The van der Waals surface area contributed by atoms with Gasteiger partial charge >= 0.3 is 0 Å². The Bertz CT molecular complexity index is 79.6. The minimum absolute atomic E-state index is 0.273. The van der Waals surface area contributed by atoms with Crippen LogP contribution >= 0.6 is 0 Å². The Morgan fingerprint density at radius 3 is 2.09 bits per heavy atom. The lowest BCUT2D eigenvalue weighted by molar-refractivity contribution is 0.00685. The molecule has 0 aromatic heterocycles. The Hall–Kier alpha value is -0.0800. The number of aliphatic hydroxyl groups is 1. The Morgan fingerprint density at radius 1 is 1.18 bits per heavy atom. The minimum atomic E-state index is -0.273. The first kappa shape index (κ1) is 10.9. The van der Waals surface area contributed by atoms with E-state index < -0.39 is 0 Å². The van der Waals surface area contributed by atoms with Crippen molar-refractivity contribution in [2.75, 3.05) is 13.2 Å². The summed E-state index contributed by atoms with van der Waals surface area (Å²) in [5.41, 5.74) is 0. The maximum atomic E-state index is 9.52. The van der Waals surface area contributed by atoms with Gasteiger partial charge < -0.3 is 9.84 Å². The van der Waals surface area contributed by atoms with E-state index in [2.05, 4.69) is 13.8 Å². The smallest absolute Gasteiger partial charge is 0.0801 e. The molecule has 0 aromatic carbocycles. The summed E-state index contributed by atoms with van der Waals surface area (Å²) in [5, 5.41) is 9.52. The maximum Gasteiger partial charge on any atom is 0.0801 e. The molecule has 2 heteroatoms. The molecule has 0 radical (unpaired) electrons. The second-order valence-electron chi connectivity index (χ2n) is 2.80. The minimum Gasteiger partial charge on any atom is -0.390 e. The van der Waals surface area contributed by atoms with Crippen LogP contribution in [0.5, 0.6) is 0 Å². The summed E-state index contributed by atoms with van der Waals surface area (Å²) in [6.07, 6.45) is 1.79.